The van der Waals surface area contributed by atoms with Crippen LogP contribution in [0.3, 0.4) is 0 Å². The maximum atomic E-state index is 9.42. The van der Waals surface area contributed by atoms with Gasteiger partial charge in [0.2, 0.25) is 0 Å². The lowest BCUT2D eigenvalue weighted by atomic mass is 10.1. The molecule has 0 saturated heterocycles. The topological polar surface area (TPSA) is 52.9 Å². The van der Waals surface area contributed by atoms with Crippen LogP contribution in [0.25, 0.3) is 0 Å². The van der Waals surface area contributed by atoms with E-state index in [0.29, 0.717) is 6.54 Å². The Labute approximate surface area is 97.5 Å². The van der Waals surface area contributed by atoms with E-state index in [1.165, 1.54) is 0 Å². The zero-order valence-corrected chi connectivity index (χ0v) is 10.2. The predicted molar refractivity (Wildman–Crippen MR) is 63.0 cm³/mol. The molecule has 0 aromatic carbocycles. The van der Waals surface area contributed by atoms with Gasteiger partial charge in [-0.3, -0.25) is 4.90 Å². The van der Waals surface area contributed by atoms with Crippen LogP contribution in [-0.2, 0) is 4.74 Å². The number of aliphatic hydroxyl groups excluding tert-OH is 2. The van der Waals surface area contributed by atoms with Crippen molar-refractivity contribution in [3.63, 3.8) is 0 Å². The lowest BCUT2D eigenvalue weighted by Gasteiger charge is -2.32. The first-order chi connectivity index (χ1) is 7.63. The number of nitrogens with zero attached hydrogens (tertiary/aromatic N) is 1. The number of ether oxygens (including phenoxy) is 1. The molecular weight excluding hydrogens is 206 g/mol. The lowest BCUT2D eigenvalue weighted by molar-refractivity contribution is 0.0253. The van der Waals surface area contributed by atoms with Gasteiger partial charge in [0.25, 0.3) is 0 Å². The Hall–Kier alpha value is -0.580. The molecule has 0 spiro atoms. The second-order valence-corrected chi connectivity index (χ2v) is 4.54. The minimum absolute atomic E-state index is 0.0594. The van der Waals surface area contributed by atoms with Crippen molar-refractivity contribution in [1.29, 1.82) is 0 Å². The first kappa shape index (κ1) is 13.5. The van der Waals surface area contributed by atoms with E-state index in [2.05, 4.69) is 4.90 Å². The molecule has 2 N–H and O–H groups in total. The molecule has 1 aliphatic heterocycles. The van der Waals surface area contributed by atoms with E-state index in [1.54, 1.807) is 13.2 Å². The number of hydrogen-bond acceptors (Lipinski definition) is 4. The third-order valence-corrected chi connectivity index (χ3v) is 2.85. The second kappa shape index (κ2) is 6.89. The van der Waals surface area contributed by atoms with Crippen molar-refractivity contribution in [3.8, 4) is 0 Å². The van der Waals surface area contributed by atoms with E-state index in [4.69, 9.17) is 9.84 Å². The normalized spacial score (nSPS) is 24.2. The monoisotopic (exact) mass is 229 g/mol. The quantitative estimate of drug-likeness (QED) is 0.705. The summed E-state index contributed by atoms with van der Waals surface area (Å²) in [6, 6.07) is 0.0594. The van der Waals surface area contributed by atoms with Gasteiger partial charge in [-0.2, -0.15) is 0 Å². The Morgan fingerprint density at radius 2 is 2.25 bits per heavy atom. The van der Waals surface area contributed by atoms with Gasteiger partial charge in [0, 0.05) is 19.1 Å². The van der Waals surface area contributed by atoms with Crippen molar-refractivity contribution in [2.75, 3.05) is 19.7 Å². The fourth-order valence-electron chi connectivity index (χ4n) is 1.87. The van der Waals surface area contributed by atoms with Crippen molar-refractivity contribution >= 4 is 0 Å². The Morgan fingerprint density at radius 1 is 1.50 bits per heavy atom. The molecule has 4 heteroatoms. The molecule has 16 heavy (non-hydrogen) atoms. The lowest BCUT2D eigenvalue weighted by Crippen LogP contribution is -2.44. The summed E-state index contributed by atoms with van der Waals surface area (Å²) in [6.45, 7) is 5.16. The van der Waals surface area contributed by atoms with Crippen molar-refractivity contribution < 1.29 is 14.9 Å². The van der Waals surface area contributed by atoms with Crippen LogP contribution in [0.4, 0.5) is 0 Å². The molecule has 0 aromatic rings. The number of aliphatic hydroxyl groups is 2. The van der Waals surface area contributed by atoms with Gasteiger partial charge in [0.15, 0.2) is 0 Å². The molecular formula is C12H23NO3. The summed E-state index contributed by atoms with van der Waals surface area (Å²) in [6.07, 6.45) is 5.61. The smallest absolute Gasteiger partial charge is 0.111 e. The van der Waals surface area contributed by atoms with E-state index in [-0.39, 0.29) is 24.9 Å². The minimum atomic E-state index is -0.381. The number of hydrogen-bond donors (Lipinski definition) is 2. The minimum Gasteiger partial charge on any atom is -0.497 e. The zero-order chi connectivity index (χ0) is 12.0. The van der Waals surface area contributed by atoms with E-state index in [1.807, 2.05) is 13.0 Å². The molecule has 3 unspecified atom stereocenters. The van der Waals surface area contributed by atoms with Crippen LogP contribution in [0, 0.1) is 0 Å². The third kappa shape index (κ3) is 4.51. The summed E-state index contributed by atoms with van der Waals surface area (Å²) in [5, 5.41) is 18.6. The number of allylic oxidation sites excluding steroid dienone is 1. The molecule has 4 nitrogen and oxygen atoms in total. The highest BCUT2D eigenvalue weighted by atomic mass is 16.5. The molecule has 0 amide bonds. The predicted octanol–water partition coefficient (Wildman–Crippen LogP) is 0.743. The van der Waals surface area contributed by atoms with Gasteiger partial charge in [0.1, 0.15) is 6.10 Å². The Bertz CT molecular complexity index is 218. The summed E-state index contributed by atoms with van der Waals surface area (Å²) < 4.78 is 5.50. The summed E-state index contributed by atoms with van der Waals surface area (Å²) in [7, 11) is 0. The SMILES string of the molecule is CC(O)CN(CC1CCC=CO1)C(C)CO. The van der Waals surface area contributed by atoms with E-state index < -0.39 is 0 Å². The maximum Gasteiger partial charge on any atom is 0.111 e. The van der Waals surface area contributed by atoms with E-state index in [9.17, 15) is 5.11 Å². The van der Waals surface area contributed by atoms with Crippen molar-refractivity contribution in [2.24, 2.45) is 0 Å². The van der Waals surface area contributed by atoms with Crippen molar-refractivity contribution in [3.05, 3.63) is 12.3 Å². The van der Waals surface area contributed by atoms with Gasteiger partial charge in [-0.05, 0) is 32.8 Å². The Balaban J connectivity index is 2.45. The summed E-state index contributed by atoms with van der Waals surface area (Å²) in [4.78, 5) is 2.08. The molecule has 0 aromatic heterocycles. The van der Waals surface area contributed by atoms with Crippen molar-refractivity contribution in [1.82, 2.24) is 4.90 Å². The van der Waals surface area contributed by atoms with Gasteiger partial charge in [-0.15, -0.1) is 0 Å². The molecule has 1 heterocycles. The molecule has 0 radical (unpaired) electrons. The van der Waals surface area contributed by atoms with Crippen LogP contribution in [0.15, 0.2) is 12.3 Å². The first-order valence-electron chi connectivity index (χ1n) is 5.97. The standard InChI is InChI=1S/C12H23NO3/c1-10(9-14)13(7-11(2)15)8-12-5-3-4-6-16-12/h4,6,10-12,14-15H,3,5,7-9H2,1-2H3. The highest BCUT2D eigenvalue weighted by Crippen LogP contribution is 2.13. The van der Waals surface area contributed by atoms with Crippen molar-refractivity contribution in [2.45, 2.75) is 44.9 Å². The fraction of sp³-hybridized carbons (Fsp3) is 0.833. The Kier molecular flexibility index (Phi) is 5.80. The average Bonchev–Trinajstić information content (AvgIpc) is 2.28. The number of rotatable bonds is 6. The molecule has 1 aliphatic rings. The molecule has 0 saturated carbocycles. The fourth-order valence-corrected chi connectivity index (χ4v) is 1.87. The van der Waals surface area contributed by atoms with Crippen LogP contribution < -0.4 is 0 Å². The molecule has 1 rings (SSSR count). The largest absolute Gasteiger partial charge is 0.497 e. The summed E-state index contributed by atoms with van der Waals surface area (Å²) in [5.41, 5.74) is 0. The average molecular weight is 229 g/mol. The van der Waals surface area contributed by atoms with Gasteiger partial charge in [-0.1, -0.05) is 0 Å². The Morgan fingerprint density at radius 3 is 2.75 bits per heavy atom. The molecule has 3 atom stereocenters. The highest BCUT2D eigenvalue weighted by Gasteiger charge is 2.21. The van der Waals surface area contributed by atoms with E-state index in [0.717, 1.165) is 19.4 Å². The van der Waals surface area contributed by atoms with Gasteiger partial charge in [0.05, 0.1) is 19.0 Å². The first-order valence-corrected chi connectivity index (χ1v) is 5.97. The maximum absolute atomic E-state index is 9.42. The van der Waals surface area contributed by atoms with Gasteiger partial charge >= 0.3 is 0 Å². The van der Waals surface area contributed by atoms with Gasteiger partial charge in [-0.25, -0.2) is 0 Å². The van der Waals surface area contributed by atoms with Gasteiger partial charge < -0.3 is 14.9 Å². The molecule has 0 fully saturated rings. The molecule has 0 aliphatic carbocycles. The molecule has 0 bridgehead atoms. The zero-order valence-electron chi connectivity index (χ0n) is 10.2. The van der Waals surface area contributed by atoms with E-state index >= 15 is 0 Å². The molecule has 94 valence electrons. The second-order valence-electron chi connectivity index (χ2n) is 4.54. The highest BCUT2D eigenvalue weighted by molar-refractivity contribution is 4.84. The summed E-state index contributed by atoms with van der Waals surface area (Å²) in [5.74, 6) is 0. The van der Waals surface area contributed by atoms with Crippen LogP contribution >= 0.6 is 0 Å². The van der Waals surface area contributed by atoms with Crippen LogP contribution in [0.5, 0.6) is 0 Å². The van der Waals surface area contributed by atoms with Crippen LogP contribution in [0.1, 0.15) is 26.7 Å². The third-order valence-electron chi connectivity index (χ3n) is 2.85. The van der Waals surface area contributed by atoms with Crippen LogP contribution in [-0.4, -0.2) is 53.1 Å². The summed E-state index contributed by atoms with van der Waals surface area (Å²) >= 11 is 0. The van der Waals surface area contributed by atoms with Crippen LogP contribution in [0.2, 0.25) is 0 Å².